The highest BCUT2D eigenvalue weighted by molar-refractivity contribution is 7.87. The number of hydrogen-bond donors (Lipinski definition) is 2. The minimum absolute atomic E-state index is 0.131. The van der Waals surface area contributed by atoms with Gasteiger partial charge in [0.15, 0.2) is 0 Å². The fraction of sp³-hybridized carbons (Fsp3) is 1.00. The number of rotatable bonds is 8. The predicted octanol–water partition coefficient (Wildman–Crippen LogP) is 1.08. The van der Waals surface area contributed by atoms with Crippen molar-refractivity contribution in [1.82, 2.24) is 14.3 Å². The summed E-state index contributed by atoms with van der Waals surface area (Å²) in [6.45, 7) is 8.57. The molecule has 108 valence electrons. The van der Waals surface area contributed by atoms with E-state index in [0.29, 0.717) is 6.54 Å². The van der Waals surface area contributed by atoms with Crippen molar-refractivity contribution in [2.45, 2.75) is 58.5 Å². The molecule has 5 nitrogen and oxygen atoms in total. The van der Waals surface area contributed by atoms with Gasteiger partial charge >= 0.3 is 0 Å². The molecule has 0 radical (unpaired) electrons. The zero-order valence-corrected chi connectivity index (χ0v) is 12.6. The molecule has 0 aromatic carbocycles. The number of nitrogens with one attached hydrogen (secondary N) is 2. The van der Waals surface area contributed by atoms with Crippen LogP contribution in [0.1, 0.15) is 46.5 Å². The van der Waals surface area contributed by atoms with E-state index < -0.39 is 10.2 Å². The lowest BCUT2D eigenvalue weighted by Gasteiger charge is -2.26. The molecule has 0 heterocycles. The summed E-state index contributed by atoms with van der Waals surface area (Å²) in [6.07, 6.45) is 4.19. The Morgan fingerprint density at radius 3 is 2.28 bits per heavy atom. The van der Waals surface area contributed by atoms with Gasteiger partial charge < -0.3 is 0 Å². The first-order valence-electron chi connectivity index (χ1n) is 6.99. The van der Waals surface area contributed by atoms with E-state index in [1.54, 1.807) is 0 Å². The Kier molecular flexibility index (Phi) is 6.55. The normalized spacial score (nSPS) is 19.6. The van der Waals surface area contributed by atoms with Gasteiger partial charge in [0.1, 0.15) is 0 Å². The quantitative estimate of drug-likeness (QED) is 0.698. The minimum atomic E-state index is -3.34. The van der Waals surface area contributed by atoms with Crippen molar-refractivity contribution in [1.29, 1.82) is 0 Å². The Balaban J connectivity index is 2.36. The van der Waals surface area contributed by atoms with E-state index in [4.69, 9.17) is 0 Å². The zero-order chi connectivity index (χ0) is 13.6. The Morgan fingerprint density at radius 1 is 1.22 bits per heavy atom. The lowest BCUT2D eigenvalue weighted by Crippen LogP contribution is -2.47. The van der Waals surface area contributed by atoms with Crippen LogP contribution in [0.3, 0.4) is 0 Å². The van der Waals surface area contributed by atoms with Gasteiger partial charge in [-0.25, -0.2) is 4.72 Å². The lowest BCUT2D eigenvalue weighted by atomic mass is 10.3. The van der Waals surface area contributed by atoms with Gasteiger partial charge in [-0.2, -0.15) is 13.1 Å². The van der Waals surface area contributed by atoms with Crippen LogP contribution in [-0.2, 0) is 10.2 Å². The van der Waals surface area contributed by atoms with Gasteiger partial charge in [0.25, 0.3) is 10.2 Å². The molecule has 0 amide bonds. The van der Waals surface area contributed by atoms with E-state index in [1.807, 2.05) is 6.92 Å². The molecule has 0 aromatic heterocycles. The van der Waals surface area contributed by atoms with Gasteiger partial charge in [-0.1, -0.05) is 26.7 Å². The van der Waals surface area contributed by atoms with E-state index in [1.165, 1.54) is 0 Å². The van der Waals surface area contributed by atoms with Crippen molar-refractivity contribution < 1.29 is 8.42 Å². The molecule has 1 unspecified atom stereocenters. The molecule has 0 bridgehead atoms. The first kappa shape index (κ1) is 15.9. The predicted molar refractivity (Wildman–Crippen MR) is 74.7 cm³/mol. The van der Waals surface area contributed by atoms with Crippen molar-refractivity contribution in [3.05, 3.63) is 0 Å². The average molecular weight is 277 g/mol. The van der Waals surface area contributed by atoms with Gasteiger partial charge in [-0.3, -0.25) is 4.90 Å². The van der Waals surface area contributed by atoms with Crippen LogP contribution in [0.2, 0.25) is 0 Å². The molecule has 0 saturated heterocycles. The molecule has 0 aliphatic heterocycles. The summed E-state index contributed by atoms with van der Waals surface area (Å²) in [4.78, 5) is 2.23. The molecule has 1 aliphatic carbocycles. The zero-order valence-electron chi connectivity index (χ0n) is 11.8. The molecule has 1 atom stereocenters. The van der Waals surface area contributed by atoms with E-state index in [9.17, 15) is 8.42 Å². The van der Waals surface area contributed by atoms with E-state index >= 15 is 0 Å². The molecule has 1 saturated carbocycles. The molecule has 1 fully saturated rings. The third kappa shape index (κ3) is 5.22. The van der Waals surface area contributed by atoms with E-state index in [2.05, 4.69) is 28.2 Å². The summed E-state index contributed by atoms with van der Waals surface area (Å²) >= 11 is 0. The van der Waals surface area contributed by atoms with Crippen LogP contribution in [0.25, 0.3) is 0 Å². The van der Waals surface area contributed by atoms with Gasteiger partial charge in [-0.05, 0) is 32.9 Å². The van der Waals surface area contributed by atoms with Crippen LogP contribution in [0.5, 0.6) is 0 Å². The summed E-state index contributed by atoms with van der Waals surface area (Å²) in [5.41, 5.74) is 0. The smallest absolute Gasteiger partial charge is 0.277 e. The van der Waals surface area contributed by atoms with E-state index in [0.717, 1.165) is 38.8 Å². The second kappa shape index (κ2) is 7.43. The van der Waals surface area contributed by atoms with Gasteiger partial charge in [0, 0.05) is 18.6 Å². The van der Waals surface area contributed by atoms with Gasteiger partial charge in [0.2, 0.25) is 0 Å². The maximum Gasteiger partial charge on any atom is 0.277 e. The Bertz CT molecular complexity index is 322. The molecule has 1 rings (SSSR count). The Morgan fingerprint density at radius 2 is 1.78 bits per heavy atom. The molecule has 1 aliphatic rings. The fourth-order valence-electron chi connectivity index (χ4n) is 2.51. The summed E-state index contributed by atoms with van der Waals surface area (Å²) in [5, 5.41) is 0. The summed E-state index contributed by atoms with van der Waals surface area (Å²) < 4.78 is 29.1. The number of likely N-dealkylation sites (N-methyl/N-ethyl adjacent to an activating group) is 1. The van der Waals surface area contributed by atoms with Crippen LogP contribution in [-0.4, -0.2) is 45.0 Å². The largest absolute Gasteiger partial charge is 0.300 e. The highest BCUT2D eigenvalue weighted by atomic mass is 32.2. The van der Waals surface area contributed by atoms with Crippen LogP contribution >= 0.6 is 0 Å². The van der Waals surface area contributed by atoms with Gasteiger partial charge in [0.05, 0.1) is 0 Å². The van der Waals surface area contributed by atoms with Crippen molar-refractivity contribution in [2.24, 2.45) is 0 Å². The second-order valence-electron chi connectivity index (χ2n) is 5.02. The fourth-order valence-corrected chi connectivity index (χ4v) is 3.73. The van der Waals surface area contributed by atoms with Crippen LogP contribution in [0.15, 0.2) is 0 Å². The molecule has 0 aromatic rings. The third-order valence-corrected chi connectivity index (χ3v) is 4.87. The Labute approximate surface area is 112 Å². The van der Waals surface area contributed by atoms with Crippen LogP contribution in [0.4, 0.5) is 0 Å². The summed E-state index contributed by atoms with van der Waals surface area (Å²) in [6, 6.07) is 0.353. The highest BCUT2D eigenvalue weighted by Gasteiger charge is 2.21. The average Bonchev–Trinajstić information content (AvgIpc) is 2.80. The Hall–Kier alpha value is -0.170. The summed E-state index contributed by atoms with van der Waals surface area (Å²) in [7, 11) is -3.34. The van der Waals surface area contributed by atoms with Crippen molar-refractivity contribution in [3.63, 3.8) is 0 Å². The lowest BCUT2D eigenvalue weighted by molar-refractivity contribution is 0.232. The highest BCUT2D eigenvalue weighted by Crippen LogP contribution is 2.17. The molecule has 0 spiro atoms. The molecule has 2 N–H and O–H groups in total. The molecule has 6 heteroatoms. The van der Waals surface area contributed by atoms with Crippen LogP contribution in [0, 0.1) is 0 Å². The SMILES string of the molecule is CCN(CC)C(C)CNS(=O)(=O)NC1CCCC1. The van der Waals surface area contributed by atoms with Crippen molar-refractivity contribution in [3.8, 4) is 0 Å². The third-order valence-electron chi connectivity index (χ3n) is 3.68. The molecular formula is C12H27N3O2S. The monoisotopic (exact) mass is 277 g/mol. The topological polar surface area (TPSA) is 61.4 Å². The van der Waals surface area contributed by atoms with Crippen LogP contribution < -0.4 is 9.44 Å². The number of hydrogen-bond acceptors (Lipinski definition) is 3. The number of nitrogens with zero attached hydrogens (tertiary/aromatic N) is 1. The standard InChI is InChI=1S/C12H27N3O2S/c1-4-15(5-2)11(3)10-13-18(16,17)14-12-8-6-7-9-12/h11-14H,4-10H2,1-3H3. The second-order valence-corrected chi connectivity index (χ2v) is 6.55. The minimum Gasteiger partial charge on any atom is -0.300 e. The first-order chi connectivity index (χ1) is 8.48. The van der Waals surface area contributed by atoms with Crippen molar-refractivity contribution >= 4 is 10.2 Å². The summed E-state index contributed by atoms with van der Waals surface area (Å²) in [5.74, 6) is 0. The maximum absolute atomic E-state index is 11.8. The van der Waals surface area contributed by atoms with E-state index in [-0.39, 0.29) is 12.1 Å². The first-order valence-corrected chi connectivity index (χ1v) is 8.47. The maximum atomic E-state index is 11.8. The van der Waals surface area contributed by atoms with Gasteiger partial charge in [-0.15, -0.1) is 0 Å². The molecule has 18 heavy (non-hydrogen) atoms. The molecular weight excluding hydrogens is 250 g/mol. The van der Waals surface area contributed by atoms with Crippen molar-refractivity contribution in [2.75, 3.05) is 19.6 Å².